The number of benzene rings is 2. The van der Waals surface area contributed by atoms with Crippen molar-refractivity contribution in [2.45, 2.75) is 13.0 Å². The second kappa shape index (κ2) is 6.53. The maximum atomic E-state index is 12.6. The summed E-state index contributed by atoms with van der Waals surface area (Å²) in [6.45, 7) is 1.88. The summed E-state index contributed by atoms with van der Waals surface area (Å²) in [5, 5.41) is 6.70. The number of fused-ring (bicyclic) bond motifs is 1. The van der Waals surface area contributed by atoms with Gasteiger partial charge >= 0.3 is 0 Å². The van der Waals surface area contributed by atoms with Crippen LogP contribution in [0, 0.1) is 6.92 Å². The van der Waals surface area contributed by atoms with Crippen LogP contribution >= 0.6 is 11.3 Å². The number of nitrogens with one attached hydrogen (secondary N) is 1. The molecule has 0 aliphatic heterocycles. The van der Waals surface area contributed by atoms with Crippen LogP contribution < -0.4 is 5.32 Å². The van der Waals surface area contributed by atoms with Crippen LogP contribution in [-0.2, 0) is 0 Å². The van der Waals surface area contributed by atoms with Crippen molar-refractivity contribution in [3.8, 4) is 0 Å². The van der Waals surface area contributed by atoms with E-state index in [-0.39, 0.29) is 11.9 Å². The number of furan rings is 1. The molecule has 4 rings (SSSR count). The zero-order chi connectivity index (χ0) is 17.2. The number of aryl methyl sites for hydroxylation is 1. The van der Waals surface area contributed by atoms with E-state index >= 15 is 0 Å². The third-order valence-electron chi connectivity index (χ3n) is 3.99. The molecule has 0 saturated carbocycles. The van der Waals surface area contributed by atoms with Crippen molar-refractivity contribution in [2.75, 3.05) is 0 Å². The molecule has 0 saturated heterocycles. The number of thiazole rings is 1. The molecular weight excluding hydrogens is 332 g/mol. The van der Waals surface area contributed by atoms with Crippen LogP contribution in [0.5, 0.6) is 0 Å². The maximum absolute atomic E-state index is 12.6. The summed E-state index contributed by atoms with van der Waals surface area (Å²) in [7, 11) is 0. The predicted molar refractivity (Wildman–Crippen MR) is 98.8 cm³/mol. The number of rotatable bonds is 4. The summed E-state index contributed by atoms with van der Waals surface area (Å²) >= 11 is 1.46. The lowest BCUT2D eigenvalue weighted by Crippen LogP contribution is -2.29. The van der Waals surface area contributed by atoms with Crippen molar-refractivity contribution in [1.29, 1.82) is 0 Å². The number of hydrogen-bond donors (Lipinski definition) is 1. The quantitative estimate of drug-likeness (QED) is 0.581. The Labute approximate surface area is 149 Å². The van der Waals surface area contributed by atoms with E-state index in [2.05, 4.69) is 10.3 Å². The number of hydrogen-bond acceptors (Lipinski definition) is 4. The molecule has 2 aromatic carbocycles. The van der Waals surface area contributed by atoms with Crippen LogP contribution in [-0.4, -0.2) is 10.9 Å². The fourth-order valence-corrected chi connectivity index (χ4v) is 3.37. The Morgan fingerprint density at radius 2 is 1.88 bits per heavy atom. The lowest BCUT2D eigenvalue weighted by molar-refractivity contribution is 0.0935. The molecule has 2 heterocycles. The van der Waals surface area contributed by atoms with E-state index in [9.17, 15) is 4.79 Å². The number of nitrogens with zero attached hydrogens (tertiary/aromatic N) is 1. The van der Waals surface area contributed by atoms with E-state index in [0.717, 1.165) is 21.5 Å². The fraction of sp³-hybridized carbons (Fsp3) is 0.100. The van der Waals surface area contributed by atoms with Crippen LogP contribution in [0.1, 0.15) is 32.9 Å². The Kier molecular flexibility index (Phi) is 4.07. The first kappa shape index (κ1) is 15.6. The van der Waals surface area contributed by atoms with E-state index in [4.69, 9.17) is 4.42 Å². The zero-order valence-electron chi connectivity index (χ0n) is 13.6. The molecule has 5 heteroatoms. The minimum Gasteiger partial charge on any atom is -0.459 e. The highest BCUT2D eigenvalue weighted by atomic mass is 32.1. The van der Waals surface area contributed by atoms with Crippen molar-refractivity contribution >= 4 is 28.2 Å². The number of amides is 1. The predicted octanol–water partition coefficient (Wildman–Crippen LogP) is 4.72. The average Bonchev–Trinajstić information content (AvgIpc) is 3.26. The molecule has 0 bridgehead atoms. The van der Waals surface area contributed by atoms with Gasteiger partial charge in [0.2, 0.25) is 0 Å². The van der Waals surface area contributed by atoms with E-state index in [1.807, 2.05) is 67.6 Å². The molecule has 1 N–H and O–H groups in total. The first-order chi connectivity index (χ1) is 12.2. The second-order valence-electron chi connectivity index (χ2n) is 5.76. The number of aromatic nitrogens is 1. The standard InChI is InChI=1S/C20H16N2O2S/c1-13-21-16(12-25-13)20(23)22-19(14-7-3-2-4-8-14)18-11-15-9-5-6-10-17(15)24-18/h2-12,19H,1H3,(H,22,23)/t19-/m1/s1. The van der Waals surface area contributed by atoms with Crippen molar-refractivity contribution in [3.05, 3.63) is 88.1 Å². The monoisotopic (exact) mass is 348 g/mol. The Hall–Kier alpha value is -2.92. The van der Waals surface area contributed by atoms with Crippen molar-refractivity contribution < 1.29 is 9.21 Å². The summed E-state index contributed by atoms with van der Waals surface area (Å²) in [5.74, 6) is 0.492. The highest BCUT2D eigenvalue weighted by Crippen LogP contribution is 2.28. The Morgan fingerprint density at radius 3 is 2.60 bits per heavy atom. The zero-order valence-corrected chi connectivity index (χ0v) is 14.4. The molecule has 0 unspecified atom stereocenters. The summed E-state index contributed by atoms with van der Waals surface area (Å²) in [6.07, 6.45) is 0. The summed E-state index contributed by atoms with van der Waals surface area (Å²) in [5.41, 5.74) is 2.19. The smallest absolute Gasteiger partial charge is 0.271 e. The van der Waals surface area contributed by atoms with Crippen LogP contribution in [0.2, 0.25) is 0 Å². The normalized spacial score (nSPS) is 12.2. The molecule has 1 atom stereocenters. The largest absolute Gasteiger partial charge is 0.459 e. The Balaban J connectivity index is 1.72. The Morgan fingerprint density at radius 1 is 1.12 bits per heavy atom. The fourth-order valence-electron chi connectivity index (χ4n) is 2.78. The van der Waals surface area contributed by atoms with Gasteiger partial charge in [0, 0.05) is 10.8 Å². The van der Waals surface area contributed by atoms with E-state index < -0.39 is 0 Å². The van der Waals surface area contributed by atoms with E-state index in [1.165, 1.54) is 11.3 Å². The highest BCUT2D eigenvalue weighted by molar-refractivity contribution is 7.09. The van der Waals surface area contributed by atoms with Gasteiger partial charge in [-0.3, -0.25) is 4.79 Å². The molecule has 0 spiro atoms. The molecule has 0 aliphatic rings. The van der Waals surface area contributed by atoms with E-state index in [1.54, 1.807) is 5.38 Å². The van der Waals surface area contributed by atoms with Gasteiger partial charge in [-0.1, -0.05) is 48.5 Å². The summed E-state index contributed by atoms with van der Waals surface area (Å²) in [4.78, 5) is 16.9. The molecule has 0 aliphatic carbocycles. The molecule has 124 valence electrons. The van der Waals surface area contributed by atoms with Gasteiger partial charge in [-0.25, -0.2) is 4.98 Å². The molecule has 0 fully saturated rings. The lowest BCUT2D eigenvalue weighted by atomic mass is 10.0. The Bertz CT molecular complexity index is 987. The molecular formula is C20H16N2O2S. The van der Waals surface area contributed by atoms with Gasteiger partial charge in [-0.2, -0.15) is 0 Å². The number of carbonyl (C=O) groups is 1. The van der Waals surface area contributed by atoms with Gasteiger partial charge < -0.3 is 9.73 Å². The third kappa shape index (κ3) is 3.19. The molecule has 25 heavy (non-hydrogen) atoms. The van der Waals surface area contributed by atoms with E-state index in [0.29, 0.717) is 11.5 Å². The van der Waals surface area contributed by atoms with Gasteiger partial charge in [0.1, 0.15) is 23.1 Å². The van der Waals surface area contributed by atoms with Crippen LogP contribution in [0.3, 0.4) is 0 Å². The molecule has 1 amide bonds. The highest BCUT2D eigenvalue weighted by Gasteiger charge is 2.22. The SMILES string of the molecule is Cc1nc(C(=O)N[C@H](c2ccccc2)c2cc3ccccc3o2)cs1. The second-order valence-corrected chi connectivity index (χ2v) is 6.82. The van der Waals surface area contributed by atoms with Gasteiger partial charge in [0.25, 0.3) is 5.91 Å². The topological polar surface area (TPSA) is 55.1 Å². The van der Waals surface area contributed by atoms with Crippen LogP contribution in [0.15, 0.2) is 70.5 Å². The van der Waals surface area contributed by atoms with Crippen molar-refractivity contribution in [1.82, 2.24) is 10.3 Å². The first-order valence-corrected chi connectivity index (χ1v) is 8.85. The average molecular weight is 348 g/mol. The minimum absolute atomic E-state index is 0.210. The number of carbonyl (C=O) groups excluding carboxylic acids is 1. The lowest BCUT2D eigenvalue weighted by Gasteiger charge is -2.16. The summed E-state index contributed by atoms with van der Waals surface area (Å²) < 4.78 is 5.99. The molecule has 2 aromatic heterocycles. The maximum Gasteiger partial charge on any atom is 0.271 e. The first-order valence-electron chi connectivity index (χ1n) is 7.97. The third-order valence-corrected chi connectivity index (χ3v) is 4.76. The molecule has 0 radical (unpaired) electrons. The molecule has 4 aromatic rings. The van der Waals surface area contributed by atoms with Gasteiger partial charge in [0.05, 0.1) is 5.01 Å². The van der Waals surface area contributed by atoms with Gasteiger partial charge in [-0.05, 0) is 24.6 Å². The minimum atomic E-state index is -0.372. The van der Waals surface area contributed by atoms with Crippen molar-refractivity contribution in [3.63, 3.8) is 0 Å². The number of para-hydroxylation sites is 1. The van der Waals surface area contributed by atoms with Crippen LogP contribution in [0.4, 0.5) is 0 Å². The van der Waals surface area contributed by atoms with Gasteiger partial charge in [-0.15, -0.1) is 11.3 Å². The van der Waals surface area contributed by atoms with Crippen LogP contribution in [0.25, 0.3) is 11.0 Å². The van der Waals surface area contributed by atoms with Gasteiger partial charge in [0.15, 0.2) is 0 Å². The molecule has 4 nitrogen and oxygen atoms in total. The summed E-state index contributed by atoms with van der Waals surface area (Å²) in [6, 6.07) is 19.2. The van der Waals surface area contributed by atoms with Crippen molar-refractivity contribution in [2.24, 2.45) is 0 Å².